The van der Waals surface area contributed by atoms with Gasteiger partial charge in [-0.25, -0.2) is 4.39 Å². The molecule has 6 nitrogen and oxygen atoms in total. The van der Waals surface area contributed by atoms with Gasteiger partial charge in [0.15, 0.2) is 11.8 Å². The van der Waals surface area contributed by atoms with Crippen molar-refractivity contribution in [3.05, 3.63) is 46.9 Å². The van der Waals surface area contributed by atoms with Crippen molar-refractivity contribution in [1.29, 1.82) is 0 Å². The number of hydrogen-bond donors (Lipinski definition) is 2. The number of halogens is 2. The number of nitrogens with one attached hydrogen (secondary N) is 2. The molecule has 27 heavy (non-hydrogen) atoms. The highest BCUT2D eigenvalue weighted by Gasteiger charge is 2.11. The number of hydrogen-bond acceptors (Lipinski definition) is 4. The van der Waals surface area contributed by atoms with Crippen LogP contribution in [0.25, 0.3) is 0 Å². The summed E-state index contributed by atoms with van der Waals surface area (Å²) in [6, 6.07) is 5.20. The number of aryl methyl sites for hydroxylation is 1. The highest BCUT2D eigenvalue weighted by Crippen LogP contribution is 2.16. The Labute approximate surface area is 177 Å². The lowest BCUT2D eigenvalue weighted by Gasteiger charge is -2.18. The van der Waals surface area contributed by atoms with Gasteiger partial charge in [0.05, 0.1) is 12.6 Å². The first-order valence-electron chi connectivity index (χ1n) is 9.04. The fraction of sp³-hybridized carbons (Fsp3) is 0.526. The maximum atomic E-state index is 13.8. The van der Waals surface area contributed by atoms with Crippen LogP contribution in [0.15, 0.2) is 27.7 Å². The van der Waals surface area contributed by atoms with E-state index in [1.165, 1.54) is 0 Å². The van der Waals surface area contributed by atoms with E-state index < -0.39 is 0 Å². The van der Waals surface area contributed by atoms with E-state index in [9.17, 15) is 4.39 Å². The molecule has 2 N–H and O–H groups in total. The van der Waals surface area contributed by atoms with Gasteiger partial charge in [0.1, 0.15) is 5.82 Å². The number of aromatic nitrogens is 2. The summed E-state index contributed by atoms with van der Waals surface area (Å²) in [7, 11) is 0. The molecule has 2 aromatic rings. The van der Waals surface area contributed by atoms with Gasteiger partial charge in [-0.2, -0.15) is 4.98 Å². The van der Waals surface area contributed by atoms with E-state index in [1.807, 2.05) is 33.8 Å². The molecule has 1 aromatic heterocycles. The molecule has 0 amide bonds. The smallest absolute Gasteiger partial charge is 0.228 e. The molecular weight excluding hydrogens is 460 g/mol. The number of nitrogens with zero attached hydrogens (tertiary/aromatic N) is 3. The molecule has 0 spiro atoms. The molecule has 0 fully saturated rings. The summed E-state index contributed by atoms with van der Waals surface area (Å²) in [6.45, 7) is 11.0. The fourth-order valence-electron chi connectivity index (χ4n) is 2.35. The minimum atomic E-state index is -0.199. The van der Waals surface area contributed by atoms with Gasteiger partial charge >= 0.3 is 0 Å². The molecule has 8 heteroatoms. The first kappa shape index (κ1) is 23.3. The Morgan fingerprint density at radius 1 is 1.30 bits per heavy atom. The molecule has 0 saturated carbocycles. The maximum absolute atomic E-state index is 13.8. The van der Waals surface area contributed by atoms with Gasteiger partial charge in [-0.1, -0.05) is 31.1 Å². The second-order valence-corrected chi connectivity index (χ2v) is 6.59. The predicted octanol–water partition coefficient (Wildman–Crippen LogP) is 4.12. The molecular formula is C19H29FIN5O. The van der Waals surface area contributed by atoms with Gasteiger partial charge < -0.3 is 15.2 Å². The van der Waals surface area contributed by atoms with Crippen molar-refractivity contribution in [2.75, 3.05) is 13.1 Å². The van der Waals surface area contributed by atoms with Crippen LogP contribution in [0.5, 0.6) is 0 Å². The van der Waals surface area contributed by atoms with Crippen molar-refractivity contribution in [3.8, 4) is 0 Å². The van der Waals surface area contributed by atoms with Gasteiger partial charge in [-0.15, -0.1) is 24.0 Å². The second kappa shape index (κ2) is 11.2. The summed E-state index contributed by atoms with van der Waals surface area (Å²) in [4.78, 5) is 8.89. The Balaban J connectivity index is 0.00000364. The monoisotopic (exact) mass is 489 g/mol. The third kappa shape index (κ3) is 7.08. The SMILES string of the molecule is CCNC(=NCCc1nc(C(C)C)no1)NC(C)c1ccc(C)c(F)c1.I. The van der Waals surface area contributed by atoms with Gasteiger partial charge in [0.2, 0.25) is 5.89 Å². The zero-order chi connectivity index (χ0) is 19.1. The van der Waals surface area contributed by atoms with Crippen LogP contribution in [0, 0.1) is 12.7 Å². The number of guanidine groups is 1. The Hall–Kier alpha value is -1.71. The van der Waals surface area contributed by atoms with E-state index in [0.717, 1.165) is 12.1 Å². The van der Waals surface area contributed by atoms with Crippen LogP contribution in [0.2, 0.25) is 0 Å². The van der Waals surface area contributed by atoms with E-state index in [0.29, 0.717) is 36.2 Å². The molecule has 0 saturated heterocycles. The first-order chi connectivity index (χ1) is 12.4. The summed E-state index contributed by atoms with van der Waals surface area (Å²) >= 11 is 0. The van der Waals surface area contributed by atoms with Gasteiger partial charge in [0, 0.05) is 18.9 Å². The normalized spacial score (nSPS) is 12.6. The van der Waals surface area contributed by atoms with Crippen molar-refractivity contribution in [2.24, 2.45) is 4.99 Å². The zero-order valence-corrected chi connectivity index (χ0v) is 18.9. The fourth-order valence-corrected chi connectivity index (χ4v) is 2.35. The van der Waals surface area contributed by atoms with Crippen LogP contribution in [-0.2, 0) is 6.42 Å². The van der Waals surface area contributed by atoms with Crippen LogP contribution in [0.4, 0.5) is 4.39 Å². The van der Waals surface area contributed by atoms with E-state index in [1.54, 1.807) is 19.1 Å². The van der Waals surface area contributed by atoms with E-state index in [4.69, 9.17) is 4.52 Å². The summed E-state index contributed by atoms with van der Waals surface area (Å²) in [6.07, 6.45) is 0.573. The second-order valence-electron chi connectivity index (χ2n) is 6.59. The van der Waals surface area contributed by atoms with Gasteiger partial charge in [0.25, 0.3) is 0 Å². The Kier molecular flexibility index (Phi) is 9.68. The number of benzene rings is 1. The highest BCUT2D eigenvalue weighted by molar-refractivity contribution is 14.0. The van der Waals surface area contributed by atoms with Crippen LogP contribution >= 0.6 is 24.0 Å². The quantitative estimate of drug-likeness (QED) is 0.348. The molecule has 0 radical (unpaired) electrons. The molecule has 1 atom stereocenters. The summed E-state index contributed by atoms with van der Waals surface area (Å²) in [5.74, 6) is 2.01. The highest BCUT2D eigenvalue weighted by atomic mass is 127. The Morgan fingerprint density at radius 3 is 2.63 bits per heavy atom. The van der Waals surface area contributed by atoms with Gasteiger partial charge in [-0.05, 0) is 38.0 Å². The zero-order valence-electron chi connectivity index (χ0n) is 16.5. The minimum Gasteiger partial charge on any atom is -0.357 e. The number of rotatable bonds is 7. The van der Waals surface area contributed by atoms with Crippen molar-refractivity contribution >= 4 is 29.9 Å². The average molecular weight is 489 g/mol. The molecule has 1 heterocycles. The van der Waals surface area contributed by atoms with Crippen LogP contribution in [0.3, 0.4) is 0 Å². The summed E-state index contributed by atoms with van der Waals surface area (Å²) in [5, 5.41) is 10.4. The third-order valence-electron chi connectivity index (χ3n) is 3.99. The topological polar surface area (TPSA) is 75.3 Å². The minimum absolute atomic E-state index is 0. The van der Waals surface area contributed by atoms with E-state index in [2.05, 4.69) is 25.8 Å². The first-order valence-corrected chi connectivity index (χ1v) is 9.04. The molecule has 2 rings (SSSR count). The largest absolute Gasteiger partial charge is 0.357 e. The summed E-state index contributed by atoms with van der Waals surface area (Å²) in [5.41, 5.74) is 1.51. The predicted molar refractivity (Wildman–Crippen MR) is 116 cm³/mol. The van der Waals surface area contributed by atoms with Crippen molar-refractivity contribution < 1.29 is 8.91 Å². The summed E-state index contributed by atoms with van der Waals surface area (Å²) < 4.78 is 19.0. The average Bonchev–Trinajstić information content (AvgIpc) is 3.06. The molecule has 0 bridgehead atoms. The standard InChI is InChI=1S/C19H28FN5O.HI/c1-6-21-19(22-10-9-17-24-18(12(2)3)25-26-17)23-14(5)15-8-7-13(4)16(20)11-15;/h7-8,11-12,14H,6,9-10H2,1-5H3,(H2,21,22,23);1H. The lowest BCUT2D eigenvalue weighted by Crippen LogP contribution is -2.39. The molecule has 1 aromatic carbocycles. The van der Waals surface area contributed by atoms with Crippen LogP contribution in [0.1, 0.15) is 62.5 Å². The van der Waals surface area contributed by atoms with E-state index in [-0.39, 0.29) is 41.8 Å². The Morgan fingerprint density at radius 2 is 2.04 bits per heavy atom. The van der Waals surface area contributed by atoms with Gasteiger partial charge in [-0.3, -0.25) is 4.99 Å². The van der Waals surface area contributed by atoms with Crippen molar-refractivity contribution in [2.45, 2.75) is 53.0 Å². The lowest BCUT2D eigenvalue weighted by atomic mass is 10.1. The van der Waals surface area contributed by atoms with Crippen molar-refractivity contribution in [1.82, 2.24) is 20.8 Å². The lowest BCUT2D eigenvalue weighted by molar-refractivity contribution is 0.372. The number of aliphatic imine (C=N–C) groups is 1. The molecule has 0 aliphatic carbocycles. The molecule has 150 valence electrons. The van der Waals surface area contributed by atoms with E-state index >= 15 is 0 Å². The molecule has 0 aliphatic rings. The molecule has 1 unspecified atom stereocenters. The van der Waals surface area contributed by atoms with Crippen LogP contribution < -0.4 is 10.6 Å². The van der Waals surface area contributed by atoms with Crippen molar-refractivity contribution in [3.63, 3.8) is 0 Å². The third-order valence-corrected chi connectivity index (χ3v) is 3.99. The maximum Gasteiger partial charge on any atom is 0.228 e. The molecule has 0 aliphatic heterocycles. The van der Waals surface area contributed by atoms with Crippen LogP contribution in [-0.4, -0.2) is 29.2 Å². The Bertz CT molecular complexity index is 747.